The molecule has 0 unspecified atom stereocenters. The molecule has 0 aromatic carbocycles. The summed E-state index contributed by atoms with van der Waals surface area (Å²) in [6.07, 6.45) is 1.24. The van der Waals surface area contributed by atoms with Crippen LogP contribution in [0.3, 0.4) is 0 Å². The second-order valence-electron chi connectivity index (χ2n) is 3.95. The number of methoxy groups -OCH3 is 1. The number of sulfone groups is 1. The van der Waals surface area contributed by atoms with Crippen molar-refractivity contribution in [3.05, 3.63) is 23.5 Å². The lowest BCUT2D eigenvalue weighted by atomic mass is 10.2. The van der Waals surface area contributed by atoms with Crippen molar-refractivity contribution in [2.75, 3.05) is 7.11 Å². The lowest BCUT2D eigenvalue weighted by molar-refractivity contribution is -0.0437. The first-order valence-corrected chi connectivity index (χ1v) is 7.80. The molecule has 0 saturated carbocycles. The van der Waals surface area contributed by atoms with E-state index in [9.17, 15) is 21.6 Å². The molecule has 10 heteroatoms. The third-order valence-corrected chi connectivity index (χ3v) is 5.07. The number of aryl methyl sites for hydroxylation is 1. The quantitative estimate of drug-likeness (QED) is 0.861. The molecule has 0 aliphatic carbocycles. The van der Waals surface area contributed by atoms with Crippen molar-refractivity contribution in [2.24, 2.45) is 0 Å². The molecular formula is C11H9F3N2O3S2. The first-order valence-electron chi connectivity index (χ1n) is 5.44. The van der Waals surface area contributed by atoms with Gasteiger partial charge >= 0.3 is 5.51 Å². The van der Waals surface area contributed by atoms with Crippen LogP contribution in [-0.2, 0) is 9.84 Å². The van der Waals surface area contributed by atoms with Gasteiger partial charge in [0.25, 0.3) is 9.84 Å². The van der Waals surface area contributed by atoms with E-state index in [2.05, 4.69) is 14.7 Å². The number of hydrogen-bond acceptors (Lipinski definition) is 6. The number of ether oxygens (including phenoxy) is 1. The van der Waals surface area contributed by atoms with Gasteiger partial charge in [0.15, 0.2) is 0 Å². The van der Waals surface area contributed by atoms with Gasteiger partial charge in [0, 0.05) is 11.8 Å². The van der Waals surface area contributed by atoms with Crippen LogP contribution in [0.1, 0.15) is 5.69 Å². The molecule has 0 amide bonds. The van der Waals surface area contributed by atoms with Crippen molar-refractivity contribution in [1.82, 2.24) is 9.97 Å². The molecule has 0 aliphatic heterocycles. The number of thiazole rings is 1. The van der Waals surface area contributed by atoms with E-state index in [1.54, 1.807) is 6.92 Å². The Morgan fingerprint density at radius 1 is 1.29 bits per heavy atom. The van der Waals surface area contributed by atoms with Gasteiger partial charge in [-0.25, -0.2) is 18.4 Å². The topological polar surface area (TPSA) is 69.2 Å². The monoisotopic (exact) mass is 338 g/mol. The minimum absolute atomic E-state index is 0.235. The highest BCUT2D eigenvalue weighted by molar-refractivity contribution is 7.92. The summed E-state index contributed by atoms with van der Waals surface area (Å²) >= 11 is 1.17. The van der Waals surface area contributed by atoms with E-state index in [4.69, 9.17) is 0 Å². The van der Waals surface area contributed by atoms with Gasteiger partial charge in [-0.15, -0.1) is 11.3 Å². The van der Waals surface area contributed by atoms with Crippen LogP contribution < -0.4 is 4.74 Å². The maximum atomic E-state index is 12.7. The van der Waals surface area contributed by atoms with Gasteiger partial charge in [-0.3, -0.25) is 0 Å². The molecular weight excluding hydrogens is 329 g/mol. The molecule has 0 aliphatic rings. The highest BCUT2D eigenvalue weighted by atomic mass is 32.2. The van der Waals surface area contributed by atoms with Crippen LogP contribution in [0, 0.1) is 6.92 Å². The Morgan fingerprint density at radius 2 is 1.95 bits per heavy atom. The van der Waals surface area contributed by atoms with Crippen LogP contribution in [0.15, 0.2) is 22.7 Å². The zero-order valence-corrected chi connectivity index (χ0v) is 12.4. The minimum atomic E-state index is -5.55. The van der Waals surface area contributed by atoms with Crippen molar-refractivity contribution in [3.63, 3.8) is 0 Å². The Kier molecular flexibility index (Phi) is 3.93. The normalized spacial score (nSPS) is 12.4. The number of alkyl halides is 3. The minimum Gasteiger partial charge on any atom is -0.480 e. The van der Waals surface area contributed by atoms with Crippen molar-refractivity contribution in [1.29, 1.82) is 0 Å². The van der Waals surface area contributed by atoms with Crippen LogP contribution in [0.5, 0.6) is 5.88 Å². The first-order chi connectivity index (χ1) is 9.68. The van der Waals surface area contributed by atoms with Gasteiger partial charge in [-0.2, -0.15) is 13.2 Å². The van der Waals surface area contributed by atoms with Crippen LogP contribution >= 0.6 is 11.3 Å². The van der Waals surface area contributed by atoms with E-state index < -0.39 is 26.1 Å². The number of hydrogen-bond donors (Lipinski definition) is 0. The van der Waals surface area contributed by atoms with Crippen molar-refractivity contribution < 1.29 is 26.3 Å². The molecule has 0 bridgehead atoms. The van der Waals surface area contributed by atoms with Gasteiger partial charge in [-0.05, 0) is 13.0 Å². The Bertz CT molecular complexity index is 769. The van der Waals surface area contributed by atoms with Crippen LogP contribution in [-0.4, -0.2) is 31.0 Å². The summed E-state index contributed by atoms with van der Waals surface area (Å²) in [5, 5.41) is 0. The molecule has 5 nitrogen and oxygen atoms in total. The molecule has 2 aromatic rings. The van der Waals surface area contributed by atoms with E-state index in [0.29, 0.717) is 10.6 Å². The van der Waals surface area contributed by atoms with Crippen LogP contribution in [0.2, 0.25) is 0 Å². The molecule has 0 fully saturated rings. The SMILES string of the molecule is COc1ncc(-c2scnc2C)cc1S(=O)(=O)C(F)(F)F. The predicted molar refractivity (Wildman–Crippen MR) is 69.9 cm³/mol. The molecule has 2 heterocycles. The lowest BCUT2D eigenvalue weighted by Gasteiger charge is -2.12. The zero-order valence-electron chi connectivity index (χ0n) is 10.8. The highest BCUT2D eigenvalue weighted by Gasteiger charge is 2.49. The number of aromatic nitrogens is 2. The largest absolute Gasteiger partial charge is 0.502 e. The summed E-state index contributed by atoms with van der Waals surface area (Å²) in [6, 6.07) is 0.898. The van der Waals surface area contributed by atoms with Crippen molar-refractivity contribution in [3.8, 4) is 16.3 Å². The second-order valence-corrected chi connectivity index (χ2v) is 6.71. The average Bonchev–Trinajstić information content (AvgIpc) is 2.83. The maximum absolute atomic E-state index is 12.7. The van der Waals surface area contributed by atoms with Crippen molar-refractivity contribution >= 4 is 21.2 Å². The standard InChI is InChI=1S/C11H9F3N2O3S2/c1-6-9(20-5-16-6)7-3-8(10(19-2)15-4-7)21(17,18)11(12,13)14/h3-5H,1-2H3. The third-order valence-electron chi connectivity index (χ3n) is 2.61. The number of rotatable bonds is 3. The Balaban J connectivity index is 2.69. The fourth-order valence-corrected chi connectivity index (χ4v) is 3.29. The summed E-state index contributed by atoms with van der Waals surface area (Å²) in [6.45, 7) is 1.66. The summed E-state index contributed by atoms with van der Waals surface area (Å²) in [5.74, 6) is -0.599. The van der Waals surface area contributed by atoms with Crippen LogP contribution in [0.25, 0.3) is 10.4 Å². The predicted octanol–water partition coefficient (Wildman–Crippen LogP) is 2.82. The molecule has 0 N–H and O–H groups in total. The van der Waals surface area contributed by atoms with E-state index >= 15 is 0 Å². The number of nitrogens with zero attached hydrogens (tertiary/aromatic N) is 2. The van der Waals surface area contributed by atoms with E-state index in [0.717, 1.165) is 13.2 Å². The summed E-state index contributed by atoms with van der Waals surface area (Å²) < 4.78 is 65.9. The van der Waals surface area contributed by atoms with Gasteiger partial charge < -0.3 is 4.74 Å². The fraction of sp³-hybridized carbons (Fsp3) is 0.273. The summed E-state index contributed by atoms with van der Waals surface area (Å²) in [7, 11) is -4.50. The molecule has 114 valence electrons. The smallest absolute Gasteiger partial charge is 0.480 e. The maximum Gasteiger partial charge on any atom is 0.502 e. The lowest BCUT2D eigenvalue weighted by Crippen LogP contribution is -2.24. The molecule has 0 spiro atoms. The number of halogens is 3. The molecule has 0 atom stereocenters. The first kappa shape index (κ1) is 15.7. The van der Waals surface area contributed by atoms with Crippen LogP contribution in [0.4, 0.5) is 13.2 Å². The van der Waals surface area contributed by atoms with Gasteiger partial charge in [0.05, 0.1) is 23.2 Å². The van der Waals surface area contributed by atoms with E-state index in [-0.39, 0.29) is 5.56 Å². The van der Waals surface area contributed by atoms with Gasteiger partial charge in [0.1, 0.15) is 4.90 Å². The molecule has 2 rings (SSSR count). The van der Waals surface area contributed by atoms with Crippen molar-refractivity contribution in [2.45, 2.75) is 17.3 Å². The Labute approximate surface area is 122 Å². The van der Waals surface area contributed by atoms with E-state index in [1.807, 2.05) is 0 Å². The fourth-order valence-electron chi connectivity index (χ4n) is 1.61. The van der Waals surface area contributed by atoms with E-state index in [1.165, 1.54) is 23.0 Å². The second kappa shape index (κ2) is 5.26. The molecule has 21 heavy (non-hydrogen) atoms. The Morgan fingerprint density at radius 3 is 2.43 bits per heavy atom. The number of pyridine rings is 1. The molecule has 0 radical (unpaired) electrons. The third kappa shape index (κ3) is 2.72. The zero-order chi connectivity index (χ0) is 15.8. The highest BCUT2D eigenvalue weighted by Crippen LogP contribution is 2.37. The molecule has 0 saturated heterocycles. The summed E-state index contributed by atoms with van der Waals surface area (Å²) in [5.41, 5.74) is -3.11. The Hall–Kier alpha value is -1.68. The average molecular weight is 338 g/mol. The summed E-state index contributed by atoms with van der Waals surface area (Å²) in [4.78, 5) is 7.15. The van der Waals surface area contributed by atoms with Gasteiger partial charge in [-0.1, -0.05) is 0 Å². The van der Waals surface area contributed by atoms with Gasteiger partial charge in [0.2, 0.25) is 5.88 Å². The molecule has 2 aromatic heterocycles.